The molecule has 3 rings (SSSR count). The minimum Gasteiger partial charge on any atom is -0.367 e. The van der Waals surface area contributed by atoms with Crippen LogP contribution in [-0.4, -0.2) is 56.2 Å². The van der Waals surface area contributed by atoms with Crippen molar-refractivity contribution in [3.05, 3.63) is 60.2 Å². The summed E-state index contributed by atoms with van der Waals surface area (Å²) >= 11 is 5.29. The summed E-state index contributed by atoms with van der Waals surface area (Å²) in [6, 6.07) is 16.5. The second-order valence-corrected chi connectivity index (χ2v) is 8.83. The molecular formula is C19H22N4O3S2. The third kappa shape index (κ3) is 5.06. The van der Waals surface area contributed by atoms with E-state index in [1.807, 2.05) is 30.3 Å². The standard InChI is InChI=1S/C19H22N4O3S2/c1-28(25,26)23-13-11-22(12-14-23)17-10-6-5-9-16(17)20-19(27)21-18(24)15-7-3-2-4-8-15/h2-10H,11-14H2,1H3,(H2,20,21,24,27). The van der Waals surface area contributed by atoms with Crippen LogP contribution in [0.25, 0.3) is 0 Å². The van der Waals surface area contributed by atoms with E-state index in [9.17, 15) is 13.2 Å². The smallest absolute Gasteiger partial charge is 0.257 e. The van der Waals surface area contributed by atoms with E-state index in [-0.39, 0.29) is 11.0 Å². The molecule has 1 aliphatic heterocycles. The number of nitrogens with one attached hydrogen (secondary N) is 2. The van der Waals surface area contributed by atoms with Crippen molar-refractivity contribution in [2.24, 2.45) is 0 Å². The van der Waals surface area contributed by atoms with Crippen molar-refractivity contribution in [1.29, 1.82) is 0 Å². The molecule has 1 saturated heterocycles. The van der Waals surface area contributed by atoms with E-state index >= 15 is 0 Å². The molecule has 0 aromatic heterocycles. The van der Waals surface area contributed by atoms with Gasteiger partial charge in [0.25, 0.3) is 5.91 Å². The molecule has 0 unspecified atom stereocenters. The van der Waals surface area contributed by atoms with E-state index in [2.05, 4.69) is 15.5 Å². The van der Waals surface area contributed by atoms with Crippen LogP contribution in [-0.2, 0) is 10.0 Å². The second-order valence-electron chi connectivity index (χ2n) is 6.44. The third-order valence-electron chi connectivity index (χ3n) is 4.46. The summed E-state index contributed by atoms with van der Waals surface area (Å²) in [5.74, 6) is -0.280. The van der Waals surface area contributed by atoms with Gasteiger partial charge in [-0.25, -0.2) is 8.42 Å². The van der Waals surface area contributed by atoms with Crippen LogP contribution in [0.5, 0.6) is 0 Å². The molecule has 1 heterocycles. The van der Waals surface area contributed by atoms with E-state index in [0.717, 1.165) is 11.4 Å². The maximum absolute atomic E-state index is 12.3. The average molecular weight is 419 g/mol. The van der Waals surface area contributed by atoms with Crippen LogP contribution in [0.4, 0.5) is 11.4 Å². The first-order valence-corrected chi connectivity index (χ1v) is 11.1. The van der Waals surface area contributed by atoms with Crippen LogP contribution in [0.2, 0.25) is 0 Å². The Labute approximate surface area is 170 Å². The van der Waals surface area contributed by atoms with Gasteiger partial charge in [-0.1, -0.05) is 30.3 Å². The highest BCUT2D eigenvalue weighted by molar-refractivity contribution is 7.88. The van der Waals surface area contributed by atoms with Gasteiger partial charge >= 0.3 is 0 Å². The molecule has 0 bridgehead atoms. The number of rotatable bonds is 4. The summed E-state index contributed by atoms with van der Waals surface area (Å²) in [4.78, 5) is 14.4. The van der Waals surface area contributed by atoms with Crippen molar-refractivity contribution in [3.63, 3.8) is 0 Å². The van der Waals surface area contributed by atoms with Crippen LogP contribution in [0.1, 0.15) is 10.4 Å². The van der Waals surface area contributed by atoms with E-state index < -0.39 is 10.0 Å². The number of hydrogen-bond donors (Lipinski definition) is 2. The maximum Gasteiger partial charge on any atom is 0.257 e. The van der Waals surface area contributed by atoms with Crippen molar-refractivity contribution in [3.8, 4) is 0 Å². The minimum atomic E-state index is -3.18. The molecule has 2 aromatic carbocycles. The van der Waals surface area contributed by atoms with Gasteiger partial charge in [0.05, 0.1) is 17.6 Å². The molecule has 1 amide bonds. The van der Waals surface area contributed by atoms with Gasteiger partial charge in [-0.2, -0.15) is 4.31 Å². The van der Waals surface area contributed by atoms with Gasteiger partial charge in [0.2, 0.25) is 10.0 Å². The first kappa shape index (κ1) is 20.2. The number of sulfonamides is 1. The zero-order valence-corrected chi connectivity index (χ0v) is 17.1. The third-order valence-corrected chi connectivity index (χ3v) is 5.97. The number of para-hydroxylation sites is 2. The molecular weight excluding hydrogens is 396 g/mol. The fourth-order valence-corrected chi connectivity index (χ4v) is 4.06. The Morgan fingerprint density at radius 1 is 0.964 bits per heavy atom. The molecule has 0 radical (unpaired) electrons. The van der Waals surface area contributed by atoms with Crippen molar-refractivity contribution < 1.29 is 13.2 Å². The van der Waals surface area contributed by atoms with Crippen molar-refractivity contribution in [2.45, 2.75) is 0 Å². The molecule has 2 N–H and O–H groups in total. The molecule has 9 heteroatoms. The molecule has 0 saturated carbocycles. The largest absolute Gasteiger partial charge is 0.367 e. The van der Waals surface area contributed by atoms with Crippen molar-refractivity contribution in [2.75, 3.05) is 42.7 Å². The second kappa shape index (κ2) is 8.68. The summed E-state index contributed by atoms with van der Waals surface area (Å²) in [6.45, 7) is 2.02. The lowest BCUT2D eigenvalue weighted by Gasteiger charge is -2.35. The summed E-state index contributed by atoms with van der Waals surface area (Å²) < 4.78 is 24.9. The Kier molecular flexibility index (Phi) is 6.28. The number of piperazine rings is 1. The fourth-order valence-electron chi connectivity index (χ4n) is 3.03. The number of benzene rings is 2. The van der Waals surface area contributed by atoms with Crippen LogP contribution in [0, 0.1) is 0 Å². The molecule has 1 fully saturated rings. The summed E-state index contributed by atoms with van der Waals surface area (Å²) in [6.07, 6.45) is 1.23. The van der Waals surface area contributed by atoms with Crippen LogP contribution in [0.3, 0.4) is 0 Å². The Morgan fingerprint density at radius 2 is 1.57 bits per heavy atom. The Balaban J connectivity index is 1.66. The van der Waals surface area contributed by atoms with E-state index in [1.54, 1.807) is 24.3 Å². The molecule has 28 heavy (non-hydrogen) atoms. The molecule has 2 aromatic rings. The number of hydrogen-bond acceptors (Lipinski definition) is 5. The Hall–Kier alpha value is -2.49. The molecule has 0 spiro atoms. The van der Waals surface area contributed by atoms with E-state index in [1.165, 1.54) is 10.6 Å². The number of carbonyl (C=O) groups excluding carboxylic acids is 1. The lowest BCUT2D eigenvalue weighted by atomic mass is 10.2. The maximum atomic E-state index is 12.3. The zero-order valence-electron chi connectivity index (χ0n) is 15.5. The average Bonchev–Trinajstić information content (AvgIpc) is 2.68. The topological polar surface area (TPSA) is 81.8 Å². The first-order valence-electron chi connectivity index (χ1n) is 8.81. The SMILES string of the molecule is CS(=O)(=O)N1CCN(c2ccccc2NC(=S)NC(=O)c2ccccc2)CC1. The fraction of sp³-hybridized carbons (Fsp3) is 0.263. The highest BCUT2D eigenvalue weighted by atomic mass is 32.2. The first-order chi connectivity index (χ1) is 13.3. The Morgan fingerprint density at radius 3 is 2.21 bits per heavy atom. The van der Waals surface area contributed by atoms with Crippen molar-refractivity contribution >= 4 is 44.6 Å². The summed E-state index contributed by atoms with van der Waals surface area (Å²) in [7, 11) is -3.18. The van der Waals surface area contributed by atoms with Gasteiger partial charge < -0.3 is 10.2 Å². The number of thiocarbonyl (C=S) groups is 1. The molecule has 0 aliphatic carbocycles. The van der Waals surface area contributed by atoms with Crippen LogP contribution >= 0.6 is 12.2 Å². The number of amides is 1. The number of nitrogens with zero attached hydrogens (tertiary/aromatic N) is 2. The van der Waals surface area contributed by atoms with Crippen molar-refractivity contribution in [1.82, 2.24) is 9.62 Å². The minimum absolute atomic E-state index is 0.205. The van der Waals surface area contributed by atoms with Gasteiger partial charge in [0, 0.05) is 31.7 Å². The van der Waals surface area contributed by atoms with Gasteiger partial charge in [-0.3, -0.25) is 10.1 Å². The lowest BCUT2D eigenvalue weighted by molar-refractivity contribution is 0.0977. The van der Waals surface area contributed by atoms with E-state index in [4.69, 9.17) is 12.2 Å². The van der Waals surface area contributed by atoms with Gasteiger partial charge in [-0.05, 0) is 36.5 Å². The predicted octanol–water partition coefficient (Wildman–Crippen LogP) is 1.89. The number of anilines is 2. The Bertz CT molecular complexity index is 956. The zero-order chi connectivity index (χ0) is 20.1. The monoisotopic (exact) mass is 418 g/mol. The van der Waals surface area contributed by atoms with Gasteiger partial charge in [-0.15, -0.1) is 0 Å². The summed E-state index contributed by atoms with van der Waals surface area (Å²) in [5.41, 5.74) is 2.19. The number of carbonyl (C=O) groups is 1. The summed E-state index contributed by atoms with van der Waals surface area (Å²) in [5, 5.41) is 5.96. The normalized spacial score (nSPS) is 15.1. The lowest BCUT2D eigenvalue weighted by Crippen LogP contribution is -2.48. The highest BCUT2D eigenvalue weighted by Gasteiger charge is 2.24. The molecule has 148 valence electrons. The quantitative estimate of drug-likeness (QED) is 0.738. The molecule has 1 aliphatic rings. The van der Waals surface area contributed by atoms with Crippen LogP contribution in [0.15, 0.2) is 54.6 Å². The van der Waals surface area contributed by atoms with Crippen LogP contribution < -0.4 is 15.5 Å². The molecule has 7 nitrogen and oxygen atoms in total. The van der Waals surface area contributed by atoms with Gasteiger partial charge in [0.1, 0.15) is 0 Å². The highest BCUT2D eigenvalue weighted by Crippen LogP contribution is 2.27. The molecule has 0 atom stereocenters. The van der Waals surface area contributed by atoms with Gasteiger partial charge in [0.15, 0.2) is 5.11 Å². The van der Waals surface area contributed by atoms with E-state index in [0.29, 0.717) is 31.7 Å². The predicted molar refractivity (Wildman–Crippen MR) is 115 cm³/mol.